The highest BCUT2D eigenvalue weighted by molar-refractivity contribution is 5.93. The SMILES string of the molecule is O=C(CCC(=O)[C@@]1(O)O[C@H](CO)[C@@H](O)[C@H](O)[C@H]1O)[C@@]1(O)O[C@H](CO)[C@@H](O)[C@H](O)[C@H]1O. The predicted octanol–water partition coefficient (Wildman–Crippen LogP) is -6.77. The lowest BCUT2D eigenvalue weighted by molar-refractivity contribution is -0.332. The highest BCUT2D eigenvalue weighted by atomic mass is 16.7. The van der Waals surface area contributed by atoms with Crippen LogP contribution in [0.1, 0.15) is 12.8 Å². The molecule has 0 aromatic heterocycles. The van der Waals surface area contributed by atoms with Crippen molar-refractivity contribution in [3.63, 3.8) is 0 Å². The summed E-state index contributed by atoms with van der Waals surface area (Å²) < 4.78 is 9.61. The molecule has 0 bridgehead atoms. The molecule has 174 valence electrons. The van der Waals surface area contributed by atoms with E-state index in [2.05, 4.69) is 0 Å². The van der Waals surface area contributed by atoms with Crippen LogP contribution in [0.5, 0.6) is 0 Å². The second-order valence-electron chi connectivity index (χ2n) is 7.27. The Balaban J connectivity index is 2.12. The Kier molecular flexibility index (Phi) is 7.67. The van der Waals surface area contributed by atoms with Gasteiger partial charge in [-0.3, -0.25) is 9.59 Å². The second kappa shape index (κ2) is 9.15. The number of ether oxygens (including phenoxy) is 2. The molecule has 2 saturated heterocycles. The molecule has 0 aliphatic carbocycles. The van der Waals surface area contributed by atoms with E-state index in [0.717, 1.165) is 0 Å². The first-order valence-corrected chi connectivity index (χ1v) is 9.02. The molecule has 2 rings (SSSR count). The molecule has 0 radical (unpaired) electrons. The van der Waals surface area contributed by atoms with E-state index in [0.29, 0.717) is 0 Å². The van der Waals surface area contributed by atoms with Crippen molar-refractivity contribution in [3.05, 3.63) is 0 Å². The monoisotopic (exact) mass is 442 g/mol. The Morgan fingerprint density at radius 2 is 0.933 bits per heavy atom. The first-order chi connectivity index (χ1) is 13.8. The van der Waals surface area contributed by atoms with Crippen LogP contribution in [-0.4, -0.2) is 136 Å². The van der Waals surface area contributed by atoms with E-state index in [1.165, 1.54) is 0 Å². The molecule has 0 aromatic rings. The fourth-order valence-corrected chi connectivity index (χ4v) is 3.35. The summed E-state index contributed by atoms with van der Waals surface area (Å²) in [7, 11) is 0. The van der Waals surface area contributed by atoms with Crippen molar-refractivity contribution in [1.29, 1.82) is 0 Å². The van der Waals surface area contributed by atoms with E-state index < -0.39 is 98.0 Å². The van der Waals surface area contributed by atoms with Crippen molar-refractivity contribution < 1.29 is 70.1 Å². The lowest BCUT2D eigenvalue weighted by atomic mass is 9.86. The third-order valence-electron chi connectivity index (χ3n) is 5.31. The Bertz CT molecular complexity index is 585. The highest BCUT2D eigenvalue weighted by Gasteiger charge is 2.59. The first-order valence-electron chi connectivity index (χ1n) is 9.02. The minimum atomic E-state index is -3.11. The summed E-state index contributed by atoms with van der Waals surface area (Å²) in [6.07, 6.45) is -17.6. The van der Waals surface area contributed by atoms with Gasteiger partial charge in [0.15, 0.2) is 11.6 Å². The van der Waals surface area contributed by atoms with Crippen LogP contribution >= 0.6 is 0 Å². The summed E-state index contributed by atoms with van der Waals surface area (Å²) in [5.74, 6) is -8.96. The van der Waals surface area contributed by atoms with E-state index in [-0.39, 0.29) is 0 Å². The molecule has 2 aliphatic heterocycles. The molecule has 14 nitrogen and oxygen atoms in total. The summed E-state index contributed by atoms with van der Waals surface area (Å²) in [5, 5.41) is 97.6. The standard InChI is InChI=1S/C16H26O14/c17-3-5-9(21)11(23)13(25)15(27,29-5)7(19)1-2-8(20)16(28)14(26)12(24)10(22)6(4-18)30-16/h5-6,9-14,17-18,21-28H,1-4H2/t5-,6-,9-,10-,11+,12+,13-,14-,15-,16-/m1/s1. The van der Waals surface area contributed by atoms with Gasteiger partial charge in [-0.15, -0.1) is 0 Å². The molecule has 0 aromatic carbocycles. The number of aliphatic hydroxyl groups is 10. The van der Waals surface area contributed by atoms with Gasteiger partial charge in [0.2, 0.25) is 0 Å². The number of hydrogen-bond donors (Lipinski definition) is 10. The maximum atomic E-state index is 12.4. The van der Waals surface area contributed by atoms with Gasteiger partial charge >= 0.3 is 0 Å². The van der Waals surface area contributed by atoms with Gasteiger partial charge in [-0.05, 0) is 0 Å². The molecule has 0 saturated carbocycles. The second-order valence-corrected chi connectivity index (χ2v) is 7.27. The van der Waals surface area contributed by atoms with Gasteiger partial charge in [0, 0.05) is 12.8 Å². The van der Waals surface area contributed by atoms with Gasteiger partial charge in [0.1, 0.15) is 48.8 Å². The number of hydrogen-bond acceptors (Lipinski definition) is 14. The molecule has 10 atom stereocenters. The summed E-state index contributed by atoms with van der Waals surface area (Å²) in [5.41, 5.74) is 0. The molecule has 14 heteroatoms. The largest absolute Gasteiger partial charge is 0.394 e. The van der Waals surface area contributed by atoms with Crippen molar-refractivity contribution >= 4 is 11.6 Å². The van der Waals surface area contributed by atoms with Gasteiger partial charge in [-0.1, -0.05) is 0 Å². The van der Waals surface area contributed by atoms with Crippen molar-refractivity contribution in [1.82, 2.24) is 0 Å². The number of rotatable bonds is 7. The fraction of sp³-hybridized carbons (Fsp3) is 0.875. The molecule has 2 aliphatic rings. The van der Waals surface area contributed by atoms with Gasteiger partial charge in [-0.25, -0.2) is 0 Å². The predicted molar refractivity (Wildman–Crippen MR) is 89.1 cm³/mol. The third-order valence-corrected chi connectivity index (χ3v) is 5.31. The summed E-state index contributed by atoms with van der Waals surface area (Å²) >= 11 is 0. The lowest BCUT2D eigenvalue weighted by Crippen LogP contribution is -2.69. The maximum Gasteiger partial charge on any atom is 0.256 e. The fourth-order valence-electron chi connectivity index (χ4n) is 3.35. The number of carbonyl (C=O) groups excluding carboxylic acids is 2. The molecule has 0 unspecified atom stereocenters. The van der Waals surface area contributed by atoms with Crippen LogP contribution in [0.2, 0.25) is 0 Å². The molecule has 30 heavy (non-hydrogen) atoms. The molecule has 0 spiro atoms. The molecule has 2 heterocycles. The topological polar surface area (TPSA) is 255 Å². The van der Waals surface area contributed by atoms with E-state index in [9.17, 15) is 50.4 Å². The summed E-state index contributed by atoms with van der Waals surface area (Å²) in [4.78, 5) is 24.8. The minimum absolute atomic E-state index is 0.929. The van der Waals surface area contributed by atoms with Gasteiger partial charge in [-0.2, -0.15) is 0 Å². The van der Waals surface area contributed by atoms with Gasteiger partial charge in [0.25, 0.3) is 11.6 Å². The van der Waals surface area contributed by atoms with Gasteiger partial charge in [0.05, 0.1) is 13.2 Å². The average Bonchev–Trinajstić information content (AvgIpc) is 2.73. The zero-order chi connectivity index (χ0) is 23.0. The molecular formula is C16H26O14. The van der Waals surface area contributed by atoms with Crippen LogP contribution in [0.25, 0.3) is 0 Å². The molecule has 10 N–H and O–H groups in total. The Labute approximate surface area is 169 Å². The van der Waals surface area contributed by atoms with Crippen LogP contribution in [-0.2, 0) is 19.1 Å². The quantitative estimate of drug-likeness (QED) is 0.176. The minimum Gasteiger partial charge on any atom is -0.394 e. The zero-order valence-electron chi connectivity index (χ0n) is 15.6. The van der Waals surface area contributed by atoms with Crippen LogP contribution in [0.15, 0.2) is 0 Å². The number of Topliss-reactive ketones (excluding diaryl/α,β-unsaturated/α-hetero) is 2. The number of carbonyl (C=O) groups is 2. The Hall–Kier alpha value is -1.14. The van der Waals surface area contributed by atoms with Crippen LogP contribution in [0.4, 0.5) is 0 Å². The van der Waals surface area contributed by atoms with Crippen LogP contribution in [0, 0.1) is 0 Å². The van der Waals surface area contributed by atoms with Crippen LogP contribution in [0.3, 0.4) is 0 Å². The Morgan fingerprint density at radius 3 is 1.20 bits per heavy atom. The number of ketones is 2. The third kappa shape index (κ3) is 4.14. The first kappa shape index (κ1) is 25.1. The number of aliphatic hydroxyl groups excluding tert-OH is 8. The highest BCUT2D eigenvalue weighted by Crippen LogP contribution is 2.33. The van der Waals surface area contributed by atoms with E-state index in [1.54, 1.807) is 0 Å². The zero-order valence-corrected chi connectivity index (χ0v) is 15.6. The Morgan fingerprint density at radius 1 is 0.633 bits per heavy atom. The van der Waals surface area contributed by atoms with E-state index in [1.807, 2.05) is 0 Å². The van der Waals surface area contributed by atoms with Crippen molar-refractivity contribution in [2.24, 2.45) is 0 Å². The van der Waals surface area contributed by atoms with E-state index in [4.69, 9.17) is 19.7 Å². The summed E-state index contributed by atoms with van der Waals surface area (Å²) in [6, 6.07) is 0. The van der Waals surface area contributed by atoms with Crippen LogP contribution < -0.4 is 0 Å². The molecule has 0 amide bonds. The smallest absolute Gasteiger partial charge is 0.256 e. The molecular weight excluding hydrogens is 416 g/mol. The summed E-state index contributed by atoms with van der Waals surface area (Å²) in [6.45, 7) is -1.86. The average molecular weight is 442 g/mol. The lowest BCUT2D eigenvalue weighted by Gasteiger charge is -2.45. The van der Waals surface area contributed by atoms with Crippen molar-refractivity contribution in [2.75, 3.05) is 13.2 Å². The van der Waals surface area contributed by atoms with Crippen molar-refractivity contribution in [3.8, 4) is 0 Å². The molecule has 2 fully saturated rings. The van der Waals surface area contributed by atoms with Crippen molar-refractivity contribution in [2.45, 2.75) is 73.2 Å². The van der Waals surface area contributed by atoms with E-state index >= 15 is 0 Å². The normalized spacial score (nSPS) is 47.1. The maximum absolute atomic E-state index is 12.4. The van der Waals surface area contributed by atoms with Gasteiger partial charge < -0.3 is 60.5 Å².